The predicted octanol–water partition coefficient (Wildman–Crippen LogP) is 4.98. The van der Waals surface area contributed by atoms with Gasteiger partial charge in [0, 0.05) is 43.5 Å². The van der Waals surface area contributed by atoms with Gasteiger partial charge in [0.2, 0.25) is 0 Å². The Morgan fingerprint density at radius 3 is 2.56 bits per heavy atom. The zero-order valence-corrected chi connectivity index (χ0v) is 20.3. The third kappa shape index (κ3) is 4.63. The second-order valence-corrected chi connectivity index (χ2v) is 8.85. The fourth-order valence-electron chi connectivity index (χ4n) is 4.66. The number of aryl methyl sites for hydroxylation is 1. The molecular weight excluding hydrogens is 450 g/mol. The molecule has 0 aliphatic heterocycles. The standard InChI is InChI=1S/C30H27N3O3/c1-20-14-28(34)29(30(35)32-17-21-15-23-9-4-6-13-26(23)31-16-21)27(19-36-2)33(20)18-24-11-7-10-22-8-3-5-12-25(22)24/h3-16H,17-19H2,1-2H3,(H,32,35). The lowest BCUT2D eigenvalue weighted by Gasteiger charge is -2.20. The number of carbonyl (C=O) groups is 1. The topological polar surface area (TPSA) is 73.2 Å². The zero-order chi connectivity index (χ0) is 25.1. The molecule has 1 N–H and O–H groups in total. The lowest BCUT2D eigenvalue weighted by Crippen LogP contribution is -2.33. The second-order valence-electron chi connectivity index (χ2n) is 8.85. The van der Waals surface area contributed by atoms with E-state index in [-0.39, 0.29) is 24.1 Å². The van der Waals surface area contributed by atoms with Gasteiger partial charge in [0.25, 0.3) is 5.91 Å². The monoisotopic (exact) mass is 477 g/mol. The van der Waals surface area contributed by atoms with Crippen molar-refractivity contribution in [1.29, 1.82) is 0 Å². The maximum absolute atomic E-state index is 13.3. The molecule has 180 valence electrons. The summed E-state index contributed by atoms with van der Waals surface area (Å²) in [6.45, 7) is 2.80. The molecule has 0 atom stereocenters. The molecule has 0 saturated heterocycles. The van der Waals surface area contributed by atoms with Crippen molar-refractivity contribution in [3.05, 3.63) is 123 Å². The number of fused-ring (bicyclic) bond motifs is 2. The Hall–Kier alpha value is -4.29. The van der Waals surface area contributed by atoms with Gasteiger partial charge in [-0.15, -0.1) is 0 Å². The molecule has 36 heavy (non-hydrogen) atoms. The van der Waals surface area contributed by atoms with E-state index < -0.39 is 5.91 Å². The number of rotatable bonds is 7. The summed E-state index contributed by atoms with van der Waals surface area (Å²) in [5, 5.41) is 6.19. The number of ether oxygens (including phenoxy) is 1. The summed E-state index contributed by atoms with van der Waals surface area (Å²) >= 11 is 0. The molecule has 5 rings (SSSR count). The Kier molecular flexibility index (Phi) is 6.60. The molecule has 5 aromatic rings. The summed E-state index contributed by atoms with van der Waals surface area (Å²) in [5.41, 5.74) is 3.98. The summed E-state index contributed by atoms with van der Waals surface area (Å²) in [4.78, 5) is 30.8. The number of pyridine rings is 2. The van der Waals surface area contributed by atoms with Crippen LogP contribution in [0, 0.1) is 6.92 Å². The van der Waals surface area contributed by atoms with Gasteiger partial charge in [0.05, 0.1) is 17.8 Å². The van der Waals surface area contributed by atoms with Crippen molar-refractivity contribution < 1.29 is 9.53 Å². The van der Waals surface area contributed by atoms with Gasteiger partial charge in [-0.05, 0) is 41.0 Å². The maximum atomic E-state index is 13.3. The normalized spacial score (nSPS) is 11.2. The lowest BCUT2D eigenvalue weighted by atomic mass is 10.0. The van der Waals surface area contributed by atoms with Crippen LogP contribution < -0.4 is 10.7 Å². The van der Waals surface area contributed by atoms with Crippen molar-refractivity contribution in [3.8, 4) is 0 Å². The first kappa shape index (κ1) is 23.5. The largest absolute Gasteiger partial charge is 0.378 e. The Bertz CT molecular complexity index is 1630. The van der Waals surface area contributed by atoms with Gasteiger partial charge < -0.3 is 14.6 Å². The van der Waals surface area contributed by atoms with E-state index in [2.05, 4.69) is 34.6 Å². The number of hydrogen-bond donors (Lipinski definition) is 1. The summed E-state index contributed by atoms with van der Waals surface area (Å²) in [7, 11) is 1.57. The molecule has 0 unspecified atom stereocenters. The smallest absolute Gasteiger partial charge is 0.257 e. The second kappa shape index (κ2) is 10.1. The molecule has 0 saturated carbocycles. The first-order chi connectivity index (χ1) is 17.5. The molecule has 2 aromatic heterocycles. The van der Waals surface area contributed by atoms with Crippen LogP contribution in [0.25, 0.3) is 21.7 Å². The van der Waals surface area contributed by atoms with Gasteiger partial charge in [0.15, 0.2) is 5.43 Å². The average Bonchev–Trinajstić information content (AvgIpc) is 2.89. The summed E-state index contributed by atoms with van der Waals surface area (Å²) in [5.74, 6) is -0.424. The predicted molar refractivity (Wildman–Crippen MR) is 142 cm³/mol. The van der Waals surface area contributed by atoms with Crippen molar-refractivity contribution in [3.63, 3.8) is 0 Å². The number of nitrogens with one attached hydrogen (secondary N) is 1. The number of hydrogen-bond acceptors (Lipinski definition) is 4. The van der Waals surface area contributed by atoms with Crippen molar-refractivity contribution in [1.82, 2.24) is 14.9 Å². The lowest BCUT2D eigenvalue weighted by molar-refractivity contribution is 0.0942. The van der Waals surface area contributed by atoms with E-state index >= 15 is 0 Å². The minimum atomic E-state index is -0.424. The molecular formula is C30H27N3O3. The van der Waals surface area contributed by atoms with E-state index in [1.54, 1.807) is 13.3 Å². The van der Waals surface area contributed by atoms with Crippen molar-refractivity contribution in [2.24, 2.45) is 0 Å². The van der Waals surface area contributed by atoms with E-state index in [1.807, 2.05) is 60.0 Å². The highest BCUT2D eigenvalue weighted by molar-refractivity contribution is 5.95. The van der Waals surface area contributed by atoms with Crippen molar-refractivity contribution in [2.75, 3.05) is 7.11 Å². The third-order valence-corrected chi connectivity index (χ3v) is 6.44. The molecule has 0 radical (unpaired) electrons. The molecule has 3 aromatic carbocycles. The highest BCUT2D eigenvalue weighted by atomic mass is 16.5. The Morgan fingerprint density at radius 2 is 1.72 bits per heavy atom. The Balaban J connectivity index is 1.49. The number of aromatic nitrogens is 2. The van der Waals surface area contributed by atoms with E-state index in [1.165, 1.54) is 6.07 Å². The number of para-hydroxylation sites is 1. The third-order valence-electron chi connectivity index (χ3n) is 6.44. The molecule has 6 nitrogen and oxygen atoms in total. The fraction of sp³-hybridized carbons (Fsp3) is 0.167. The van der Waals surface area contributed by atoms with E-state index in [4.69, 9.17) is 4.74 Å². The van der Waals surface area contributed by atoms with Gasteiger partial charge in [0.1, 0.15) is 5.56 Å². The fourth-order valence-corrected chi connectivity index (χ4v) is 4.66. The SMILES string of the molecule is COCc1c(C(=O)NCc2cnc3ccccc3c2)c(=O)cc(C)n1Cc1cccc2ccccc12. The van der Waals surface area contributed by atoms with Crippen LogP contribution in [-0.2, 0) is 24.4 Å². The zero-order valence-electron chi connectivity index (χ0n) is 20.3. The van der Waals surface area contributed by atoms with Crippen LogP contribution in [0.5, 0.6) is 0 Å². The Labute approximate surface area is 209 Å². The van der Waals surface area contributed by atoms with Crippen molar-refractivity contribution in [2.45, 2.75) is 26.6 Å². The molecule has 0 spiro atoms. The highest BCUT2D eigenvalue weighted by Gasteiger charge is 2.21. The molecule has 0 bridgehead atoms. The number of methoxy groups -OCH3 is 1. The molecule has 1 amide bonds. The number of nitrogens with zero attached hydrogens (tertiary/aromatic N) is 2. The van der Waals surface area contributed by atoms with Crippen molar-refractivity contribution >= 4 is 27.6 Å². The average molecular weight is 478 g/mol. The molecule has 0 fully saturated rings. The quantitative estimate of drug-likeness (QED) is 0.359. The Morgan fingerprint density at radius 1 is 0.972 bits per heavy atom. The molecule has 6 heteroatoms. The number of benzene rings is 3. The van der Waals surface area contributed by atoms with E-state index in [0.29, 0.717) is 12.2 Å². The first-order valence-electron chi connectivity index (χ1n) is 11.9. The minimum Gasteiger partial charge on any atom is -0.378 e. The van der Waals surface area contributed by atoms with E-state index in [9.17, 15) is 9.59 Å². The summed E-state index contributed by atoms with van der Waals surface area (Å²) in [6, 6.07) is 25.7. The van der Waals surface area contributed by atoms with Crippen LogP contribution in [0.15, 0.2) is 89.9 Å². The summed E-state index contributed by atoms with van der Waals surface area (Å²) in [6.07, 6.45) is 1.74. The maximum Gasteiger partial charge on any atom is 0.257 e. The minimum absolute atomic E-state index is 0.108. The van der Waals surface area contributed by atoms with Gasteiger partial charge >= 0.3 is 0 Å². The number of amides is 1. The first-order valence-corrected chi connectivity index (χ1v) is 11.9. The number of carbonyl (C=O) groups excluding carboxylic acids is 1. The molecule has 0 aliphatic rings. The van der Waals surface area contributed by atoms with Gasteiger partial charge in [-0.1, -0.05) is 60.7 Å². The van der Waals surface area contributed by atoms with Gasteiger partial charge in [-0.25, -0.2) is 0 Å². The van der Waals surface area contributed by atoms with Crippen LogP contribution in [0.2, 0.25) is 0 Å². The van der Waals surface area contributed by atoms with Crippen LogP contribution in [-0.4, -0.2) is 22.6 Å². The van der Waals surface area contributed by atoms with Crippen LogP contribution in [0.3, 0.4) is 0 Å². The summed E-state index contributed by atoms with van der Waals surface area (Å²) < 4.78 is 7.45. The van der Waals surface area contributed by atoms with Gasteiger partial charge in [-0.2, -0.15) is 0 Å². The highest BCUT2D eigenvalue weighted by Crippen LogP contribution is 2.22. The van der Waals surface area contributed by atoms with Gasteiger partial charge in [-0.3, -0.25) is 14.6 Å². The molecule has 0 aliphatic carbocycles. The van der Waals surface area contributed by atoms with Crippen LogP contribution >= 0.6 is 0 Å². The van der Waals surface area contributed by atoms with Crippen LogP contribution in [0.1, 0.15) is 32.9 Å². The molecule has 2 heterocycles. The van der Waals surface area contributed by atoms with Crippen LogP contribution in [0.4, 0.5) is 0 Å². The van der Waals surface area contributed by atoms with E-state index in [0.717, 1.165) is 38.5 Å².